The maximum atomic E-state index is 4.62. The van der Waals surface area contributed by atoms with E-state index in [9.17, 15) is 0 Å². The highest BCUT2D eigenvalue weighted by Gasteiger charge is 2.15. The van der Waals surface area contributed by atoms with Gasteiger partial charge in [-0.2, -0.15) is 0 Å². The van der Waals surface area contributed by atoms with Gasteiger partial charge in [0.05, 0.1) is 5.03 Å². The quantitative estimate of drug-likeness (QED) is 0.791. The van der Waals surface area contributed by atoms with Crippen LogP contribution in [0.2, 0.25) is 0 Å². The smallest absolute Gasteiger partial charge is 0.0989 e. The van der Waals surface area contributed by atoms with Gasteiger partial charge in [0, 0.05) is 18.5 Å². The van der Waals surface area contributed by atoms with Crippen molar-refractivity contribution < 1.29 is 0 Å². The predicted molar refractivity (Wildman–Crippen MR) is 79.0 cm³/mol. The lowest BCUT2D eigenvalue weighted by Crippen LogP contribution is -2.12. The Balaban J connectivity index is 1.87. The molecule has 0 saturated heterocycles. The molecular formula is C15H24N2S. The number of nitrogens with one attached hydrogen (secondary N) is 1. The van der Waals surface area contributed by atoms with Gasteiger partial charge in [-0.25, -0.2) is 4.98 Å². The largest absolute Gasteiger partial charge is 0.313 e. The fourth-order valence-corrected chi connectivity index (χ4v) is 3.65. The van der Waals surface area contributed by atoms with Gasteiger partial charge in [-0.05, 0) is 43.4 Å². The first-order valence-electron chi connectivity index (χ1n) is 7.08. The summed E-state index contributed by atoms with van der Waals surface area (Å²) in [6, 6.07) is 2.27. The molecule has 0 amide bonds. The van der Waals surface area contributed by atoms with E-state index in [4.69, 9.17) is 0 Å². The topological polar surface area (TPSA) is 24.9 Å². The zero-order chi connectivity index (χ0) is 12.8. The number of aryl methyl sites for hydroxylation is 1. The summed E-state index contributed by atoms with van der Waals surface area (Å²) in [7, 11) is 0. The highest BCUT2D eigenvalue weighted by molar-refractivity contribution is 7.99. The number of pyridine rings is 1. The molecule has 0 radical (unpaired) electrons. The lowest BCUT2D eigenvalue weighted by molar-refractivity contribution is 0.622. The zero-order valence-electron chi connectivity index (χ0n) is 11.5. The minimum Gasteiger partial charge on any atom is -0.313 e. The van der Waals surface area contributed by atoms with Crippen molar-refractivity contribution in [2.75, 3.05) is 12.3 Å². The molecule has 0 aromatic carbocycles. The van der Waals surface area contributed by atoms with Crippen LogP contribution in [0.3, 0.4) is 0 Å². The first-order chi connectivity index (χ1) is 8.79. The molecule has 100 valence electrons. The van der Waals surface area contributed by atoms with Crippen LogP contribution < -0.4 is 5.32 Å². The molecular weight excluding hydrogens is 240 g/mol. The van der Waals surface area contributed by atoms with E-state index in [1.54, 1.807) is 0 Å². The van der Waals surface area contributed by atoms with Gasteiger partial charge < -0.3 is 5.32 Å². The molecule has 0 spiro atoms. The molecule has 2 rings (SSSR count). The van der Waals surface area contributed by atoms with Crippen molar-refractivity contribution in [1.29, 1.82) is 0 Å². The van der Waals surface area contributed by atoms with Gasteiger partial charge in [-0.3, -0.25) is 0 Å². The summed E-state index contributed by atoms with van der Waals surface area (Å²) in [5, 5.41) is 4.57. The third kappa shape index (κ3) is 3.99. The average molecular weight is 264 g/mol. The summed E-state index contributed by atoms with van der Waals surface area (Å²) in [5.74, 6) is 2.18. The van der Waals surface area contributed by atoms with Crippen molar-refractivity contribution >= 4 is 11.8 Å². The van der Waals surface area contributed by atoms with E-state index < -0.39 is 0 Å². The fraction of sp³-hybridized carbons (Fsp3) is 0.667. The van der Waals surface area contributed by atoms with E-state index in [0.717, 1.165) is 19.0 Å². The Morgan fingerprint density at radius 1 is 1.39 bits per heavy atom. The van der Waals surface area contributed by atoms with E-state index in [1.807, 2.05) is 18.0 Å². The lowest BCUT2D eigenvalue weighted by Gasteiger charge is -2.10. The maximum Gasteiger partial charge on any atom is 0.0989 e. The Labute approximate surface area is 115 Å². The Hall–Kier alpha value is -0.540. The van der Waals surface area contributed by atoms with Gasteiger partial charge in [0.25, 0.3) is 0 Å². The third-order valence-corrected chi connectivity index (χ3v) is 4.94. The molecule has 1 aromatic rings. The van der Waals surface area contributed by atoms with Crippen molar-refractivity contribution in [3.8, 4) is 0 Å². The number of rotatable bonds is 6. The van der Waals surface area contributed by atoms with Crippen molar-refractivity contribution in [3.63, 3.8) is 0 Å². The van der Waals surface area contributed by atoms with Gasteiger partial charge in [-0.15, -0.1) is 11.8 Å². The molecule has 0 atom stereocenters. The molecule has 2 nitrogen and oxygen atoms in total. The zero-order valence-corrected chi connectivity index (χ0v) is 12.4. The van der Waals surface area contributed by atoms with Crippen LogP contribution in [0.25, 0.3) is 0 Å². The van der Waals surface area contributed by atoms with Crippen molar-refractivity contribution in [3.05, 3.63) is 23.4 Å². The van der Waals surface area contributed by atoms with E-state index in [2.05, 4.69) is 30.2 Å². The molecule has 1 fully saturated rings. The first-order valence-corrected chi connectivity index (χ1v) is 8.07. The molecule has 1 N–H and O–H groups in total. The minimum atomic E-state index is 0.928. The summed E-state index contributed by atoms with van der Waals surface area (Å²) >= 11 is 1.95. The number of hydrogen-bond donors (Lipinski definition) is 1. The normalized spacial score (nSPS) is 16.3. The van der Waals surface area contributed by atoms with Crippen LogP contribution in [0, 0.1) is 12.8 Å². The number of thioether (sulfide) groups is 1. The molecule has 1 aromatic heterocycles. The van der Waals surface area contributed by atoms with Crippen LogP contribution in [-0.4, -0.2) is 17.3 Å². The second-order valence-corrected chi connectivity index (χ2v) is 6.22. The summed E-state index contributed by atoms with van der Waals surface area (Å²) in [5.41, 5.74) is 2.62. The van der Waals surface area contributed by atoms with Gasteiger partial charge >= 0.3 is 0 Å². The second-order valence-electron chi connectivity index (χ2n) is 5.21. The molecule has 3 heteroatoms. The molecule has 1 aliphatic carbocycles. The van der Waals surface area contributed by atoms with Crippen LogP contribution in [0.1, 0.15) is 43.7 Å². The van der Waals surface area contributed by atoms with Crippen LogP contribution in [0.4, 0.5) is 0 Å². The third-order valence-electron chi connectivity index (χ3n) is 3.60. The summed E-state index contributed by atoms with van der Waals surface area (Å²) in [4.78, 5) is 4.62. The van der Waals surface area contributed by atoms with Gasteiger partial charge in [0.2, 0.25) is 0 Å². The van der Waals surface area contributed by atoms with Crippen molar-refractivity contribution in [1.82, 2.24) is 10.3 Å². The maximum absolute atomic E-state index is 4.62. The molecule has 1 aliphatic rings. The molecule has 0 unspecified atom stereocenters. The van der Waals surface area contributed by atoms with Crippen molar-refractivity contribution in [2.24, 2.45) is 5.92 Å². The predicted octanol–water partition coefficient (Wildman–Crippen LogP) is 3.78. The van der Waals surface area contributed by atoms with Crippen LogP contribution in [0.15, 0.2) is 17.3 Å². The SMILES string of the molecule is CCNCc1cnc(SCC2CCCC2)c(C)c1. The van der Waals surface area contributed by atoms with Gasteiger partial charge in [0.1, 0.15) is 0 Å². The van der Waals surface area contributed by atoms with Crippen LogP contribution in [0.5, 0.6) is 0 Å². The average Bonchev–Trinajstić information content (AvgIpc) is 2.88. The number of nitrogens with zero attached hydrogens (tertiary/aromatic N) is 1. The molecule has 0 bridgehead atoms. The highest BCUT2D eigenvalue weighted by Crippen LogP contribution is 2.31. The highest BCUT2D eigenvalue weighted by atomic mass is 32.2. The minimum absolute atomic E-state index is 0.928. The number of aromatic nitrogens is 1. The molecule has 18 heavy (non-hydrogen) atoms. The van der Waals surface area contributed by atoms with E-state index in [1.165, 1.54) is 47.6 Å². The summed E-state index contributed by atoms with van der Waals surface area (Å²) in [6.45, 7) is 6.25. The van der Waals surface area contributed by atoms with E-state index in [-0.39, 0.29) is 0 Å². The second kappa shape index (κ2) is 7.15. The Morgan fingerprint density at radius 3 is 2.83 bits per heavy atom. The Kier molecular flexibility index (Phi) is 5.51. The van der Waals surface area contributed by atoms with Crippen LogP contribution >= 0.6 is 11.8 Å². The molecule has 0 aliphatic heterocycles. The summed E-state index contributed by atoms with van der Waals surface area (Å²) < 4.78 is 0. The van der Waals surface area contributed by atoms with Gasteiger partial charge in [0.15, 0.2) is 0 Å². The van der Waals surface area contributed by atoms with Crippen molar-refractivity contribution in [2.45, 2.75) is 51.1 Å². The standard InChI is InChI=1S/C15H24N2S/c1-3-16-9-14-8-12(2)15(17-10-14)18-11-13-6-4-5-7-13/h8,10,13,16H,3-7,9,11H2,1-2H3. The lowest BCUT2D eigenvalue weighted by atomic mass is 10.1. The monoisotopic (exact) mass is 264 g/mol. The number of hydrogen-bond acceptors (Lipinski definition) is 3. The van der Waals surface area contributed by atoms with Crippen LogP contribution in [-0.2, 0) is 6.54 Å². The fourth-order valence-electron chi connectivity index (χ4n) is 2.51. The first kappa shape index (κ1) is 13.9. The Bertz CT molecular complexity index is 373. The molecule has 1 saturated carbocycles. The Morgan fingerprint density at radius 2 is 2.17 bits per heavy atom. The molecule has 1 heterocycles. The van der Waals surface area contributed by atoms with E-state index in [0.29, 0.717) is 0 Å². The van der Waals surface area contributed by atoms with E-state index >= 15 is 0 Å². The summed E-state index contributed by atoms with van der Waals surface area (Å²) in [6.07, 6.45) is 7.72. The van der Waals surface area contributed by atoms with Gasteiger partial charge in [-0.1, -0.05) is 25.8 Å².